The van der Waals surface area contributed by atoms with Crippen LogP contribution in [0.15, 0.2) is 48.5 Å². The summed E-state index contributed by atoms with van der Waals surface area (Å²) in [5.74, 6) is -1.15. The number of ether oxygens (including phenoxy) is 2. The average molecular weight is 370 g/mol. The lowest BCUT2D eigenvalue weighted by atomic mass is 9.94. The number of thiophene rings is 1. The Morgan fingerprint density at radius 3 is 2.88 bits per heavy atom. The van der Waals surface area contributed by atoms with Crippen molar-refractivity contribution in [3.63, 3.8) is 0 Å². The fourth-order valence-electron chi connectivity index (χ4n) is 3.93. The standard InChI is InChI=1S/C21H19FO3S/c1-12-8-18(23)20-21(24-12,25-20)15-6-7-17(22)14(9-15)11-16-10-13-4-2-3-5-19(13)26-16/h2-7,9-10,12,18,20,23H,8,11H2,1H3. The molecule has 2 aliphatic rings. The van der Waals surface area contributed by atoms with Crippen molar-refractivity contribution in [3.05, 3.63) is 70.4 Å². The second-order valence-electron chi connectivity index (χ2n) is 7.17. The van der Waals surface area contributed by atoms with E-state index in [-0.39, 0.29) is 18.0 Å². The predicted molar refractivity (Wildman–Crippen MR) is 98.8 cm³/mol. The molecule has 0 radical (unpaired) electrons. The van der Waals surface area contributed by atoms with Gasteiger partial charge in [0.1, 0.15) is 11.9 Å². The Hall–Kier alpha value is -1.79. The Kier molecular flexibility index (Phi) is 3.69. The quantitative estimate of drug-likeness (QED) is 0.697. The highest BCUT2D eigenvalue weighted by Gasteiger charge is 2.66. The van der Waals surface area contributed by atoms with Gasteiger partial charge in [-0.15, -0.1) is 11.3 Å². The first-order valence-corrected chi connectivity index (χ1v) is 9.67. The molecule has 2 aliphatic heterocycles. The SMILES string of the molecule is CC1CC(O)C2OC2(c2ccc(F)c(Cc3cc4ccccc4s3)c2)O1. The van der Waals surface area contributed by atoms with Crippen molar-refractivity contribution in [2.75, 3.05) is 0 Å². The Morgan fingerprint density at radius 1 is 1.19 bits per heavy atom. The van der Waals surface area contributed by atoms with Crippen LogP contribution < -0.4 is 0 Å². The van der Waals surface area contributed by atoms with Crippen LogP contribution >= 0.6 is 11.3 Å². The van der Waals surface area contributed by atoms with E-state index in [1.807, 2.05) is 25.1 Å². The number of epoxide rings is 1. The molecule has 3 nitrogen and oxygen atoms in total. The Labute approximate surface area is 155 Å². The van der Waals surface area contributed by atoms with Gasteiger partial charge in [-0.3, -0.25) is 0 Å². The summed E-state index contributed by atoms with van der Waals surface area (Å²) in [5.41, 5.74) is 1.40. The van der Waals surface area contributed by atoms with Crippen LogP contribution in [0.1, 0.15) is 29.3 Å². The van der Waals surface area contributed by atoms with Crippen LogP contribution in [0.5, 0.6) is 0 Å². The lowest BCUT2D eigenvalue weighted by molar-refractivity contribution is -0.114. The molecule has 0 spiro atoms. The minimum absolute atomic E-state index is 0.0974. The Balaban J connectivity index is 1.48. The smallest absolute Gasteiger partial charge is 0.225 e. The molecule has 0 amide bonds. The molecule has 0 bridgehead atoms. The molecule has 2 fully saturated rings. The highest BCUT2D eigenvalue weighted by molar-refractivity contribution is 7.19. The van der Waals surface area contributed by atoms with Gasteiger partial charge in [0.05, 0.1) is 12.2 Å². The largest absolute Gasteiger partial charge is 0.390 e. The van der Waals surface area contributed by atoms with Crippen LogP contribution in [0.25, 0.3) is 10.1 Å². The minimum atomic E-state index is -0.917. The van der Waals surface area contributed by atoms with Gasteiger partial charge in [-0.1, -0.05) is 24.3 Å². The number of halogens is 1. The fourth-order valence-corrected chi connectivity index (χ4v) is 5.02. The number of hydrogen-bond donors (Lipinski definition) is 1. The zero-order valence-electron chi connectivity index (χ0n) is 14.3. The van der Waals surface area contributed by atoms with E-state index in [0.717, 1.165) is 10.4 Å². The van der Waals surface area contributed by atoms with Gasteiger partial charge in [-0.05, 0) is 42.1 Å². The van der Waals surface area contributed by atoms with E-state index in [1.54, 1.807) is 17.4 Å². The highest BCUT2D eigenvalue weighted by atomic mass is 32.1. The fraction of sp³-hybridized carbons (Fsp3) is 0.333. The number of fused-ring (bicyclic) bond motifs is 2. The summed E-state index contributed by atoms with van der Waals surface area (Å²) in [5, 5.41) is 11.4. The van der Waals surface area contributed by atoms with Crippen molar-refractivity contribution >= 4 is 21.4 Å². The van der Waals surface area contributed by atoms with Crippen LogP contribution in [-0.4, -0.2) is 23.4 Å². The molecule has 0 aliphatic carbocycles. The van der Waals surface area contributed by atoms with Crippen molar-refractivity contribution in [1.29, 1.82) is 0 Å². The monoisotopic (exact) mass is 370 g/mol. The third-order valence-electron chi connectivity index (χ3n) is 5.21. The predicted octanol–water partition coefficient (Wildman–Crippen LogP) is 4.35. The topological polar surface area (TPSA) is 42.0 Å². The molecule has 1 N–H and O–H groups in total. The lowest BCUT2D eigenvalue weighted by Gasteiger charge is -2.27. The van der Waals surface area contributed by atoms with E-state index < -0.39 is 11.9 Å². The van der Waals surface area contributed by atoms with E-state index >= 15 is 0 Å². The first kappa shape index (κ1) is 16.4. The van der Waals surface area contributed by atoms with Crippen molar-refractivity contribution in [1.82, 2.24) is 0 Å². The Bertz CT molecular complexity index is 951. The molecule has 134 valence electrons. The zero-order valence-corrected chi connectivity index (χ0v) is 15.1. The lowest BCUT2D eigenvalue weighted by Crippen LogP contribution is -2.37. The summed E-state index contributed by atoms with van der Waals surface area (Å²) < 4.78 is 27.4. The second kappa shape index (κ2) is 5.86. The molecule has 1 aromatic heterocycles. The van der Waals surface area contributed by atoms with Crippen LogP contribution in [0, 0.1) is 5.82 Å². The number of benzene rings is 2. The molecule has 3 heterocycles. The second-order valence-corrected chi connectivity index (χ2v) is 8.34. The molecular weight excluding hydrogens is 351 g/mol. The first-order chi connectivity index (χ1) is 12.5. The molecule has 2 aromatic carbocycles. The average Bonchev–Trinajstić information content (AvgIpc) is 3.21. The van der Waals surface area contributed by atoms with Crippen LogP contribution in [0.3, 0.4) is 0 Å². The maximum absolute atomic E-state index is 14.4. The molecule has 5 heteroatoms. The number of aliphatic hydroxyl groups excluding tert-OH is 1. The third kappa shape index (κ3) is 2.58. The van der Waals surface area contributed by atoms with Crippen molar-refractivity contribution in [2.24, 2.45) is 0 Å². The van der Waals surface area contributed by atoms with E-state index in [9.17, 15) is 9.50 Å². The molecule has 3 aromatic rings. The van der Waals surface area contributed by atoms with Gasteiger partial charge in [-0.2, -0.15) is 0 Å². The maximum Gasteiger partial charge on any atom is 0.225 e. The summed E-state index contributed by atoms with van der Waals surface area (Å²) in [6.45, 7) is 1.92. The number of aliphatic hydroxyl groups is 1. The maximum atomic E-state index is 14.4. The van der Waals surface area contributed by atoms with E-state index in [1.165, 1.54) is 16.2 Å². The van der Waals surface area contributed by atoms with Crippen molar-refractivity contribution in [3.8, 4) is 0 Å². The van der Waals surface area contributed by atoms with Gasteiger partial charge in [0.15, 0.2) is 0 Å². The molecular formula is C21H19FO3S. The van der Waals surface area contributed by atoms with Gasteiger partial charge in [0.25, 0.3) is 0 Å². The summed E-state index contributed by atoms with van der Waals surface area (Å²) in [4.78, 5) is 1.12. The number of hydrogen-bond acceptors (Lipinski definition) is 4. The minimum Gasteiger partial charge on any atom is -0.390 e. The molecule has 4 atom stereocenters. The van der Waals surface area contributed by atoms with Crippen LogP contribution in [0.2, 0.25) is 0 Å². The first-order valence-electron chi connectivity index (χ1n) is 8.85. The van der Waals surface area contributed by atoms with Crippen molar-refractivity contribution in [2.45, 2.75) is 43.9 Å². The summed E-state index contributed by atoms with van der Waals surface area (Å²) >= 11 is 1.68. The zero-order chi connectivity index (χ0) is 17.9. The van der Waals surface area contributed by atoms with E-state index in [2.05, 4.69) is 18.2 Å². The number of rotatable bonds is 3. The normalized spacial score (nSPS) is 30.3. The van der Waals surface area contributed by atoms with E-state index in [0.29, 0.717) is 18.4 Å². The summed E-state index contributed by atoms with van der Waals surface area (Å²) in [6.07, 6.45) is 0.0798. The van der Waals surface area contributed by atoms with Crippen LogP contribution in [0.4, 0.5) is 4.39 Å². The van der Waals surface area contributed by atoms with Gasteiger partial charge in [0, 0.05) is 28.0 Å². The molecule has 5 rings (SSSR count). The molecule has 26 heavy (non-hydrogen) atoms. The van der Waals surface area contributed by atoms with Gasteiger partial charge in [0.2, 0.25) is 5.79 Å². The van der Waals surface area contributed by atoms with Gasteiger partial charge < -0.3 is 14.6 Å². The molecule has 0 saturated carbocycles. The Morgan fingerprint density at radius 2 is 2.04 bits per heavy atom. The van der Waals surface area contributed by atoms with E-state index in [4.69, 9.17) is 9.47 Å². The summed E-state index contributed by atoms with van der Waals surface area (Å²) in [6, 6.07) is 15.3. The third-order valence-corrected chi connectivity index (χ3v) is 6.32. The van der Waals surface area contributed by atoms with Crippen LogP contribution in [-0.2, 0) is 21.7 Å². The van der Waals surface area contributed by atoms with Gasteiger partial charge in [-0.25, -0.2) is 4.39 Å². The summed E-state index contributed by atoms with van der Waals surface area (Å²) in [7, 11) is 0. The molecule has 4 unspecified atom stereocenters. The van der Waals surface area contributed by atoms with Crippen molar-refractivity contribution < 1.29 is 19.0 Å². The highest BCUT2D eigenvalue weighted by Crippen LogP contribution is 2.54. The van der Waals surface area contributed by atoms with Gasteiger partial charge >= 0.3 is 0 Å². The molecule has 2 saturated heterocycles.